The summed E-state index contributed by atoms with van der Waals surface area (Å²) < 4.78 is 37.8. The summed E-state index contributed by atoms with van der Waals surface area (Å²) in [5.41, 5.74) is -0.00469. The van der Waals surface area contributed by atoms with Crippen molar-refractivity contribution < 1.29 is 32.4 Å². The van der Waals surface area contributed by atoms with E-state index in [0.717, 1.165) is 5.56 Å². The molecule has 1 atom stereocenters. The van der Waals surface area contributed by atoms with E-state index in [4.69, 9.17) is 9.47 Å². The Hall–Kier alpha value is -3.51. The van der Waals surface area contributed by atoms with Crippen molar-refractivity contribution in [3.05, 3.63) is 64.2 Å². The lowest BCUT2D eigenvalue weighted by Crippen LogP contribution is -2.45. The number of alkyl carbamates (subject to hydrolysis) is 1. The fourth-order valence-corrected chi connectivity index (χ4v) is 4.08. The van der Waals surface area contributed by atoms with Gasteiger partial charge < -0.3 is 14.8 Å². The van der Waals surface area contributed by atoms with Crippen molar-refractivity contribution >= 4 is 27.8 Å². The van der Waals surface area contributed by atoms with Crippen LogP contribution in [-0.4, -0.2) is 43.6 Å². The van der Waals surface area contributed by atoms with Crippen molar-refractivity contribution in [3.8, 4) is 5.75 Å². The van der Waals surface area contributed by atoms with E-state index in [0.29, 0.717) is 12.8 Å². The molecule has 0 heterocycles. The number of sulfonamides is 1. The van der Waals surface area contributed by atoms with E-state index in [1.54, 1.807) is 32.9 Å². The second-order valence-electron chi connectivity index (χ2n) is 9.08. The van der Waals surface area contributed by atoms with Crippen LogP contribution in [-0.2, 0) is 19.6 Å². The van der Waals surface area contributed by atoms with Crippen LogP contribution in [0.5, 0.6) is 5.75 Å². The molecule has 2 aromatic carbocycles. The van der Waals surface area contributed by atoms with Gasteiger partial charge in [0.1, 0.15) is 17.4 Å². The van der Waals surface area contributed by atoms with Crippen LogP contribution in [0, 0.1) is 17.0 Å². The molecule has 0 bridgehead atoms. The highest BCUT2D eigenvalue weighted by molar-refractivity contribution is 7.89. The van der Waals surface area contributed by atoms with Crippen molar-refractivity contribution in [2.45, 2.75) is 63.5 Å². The summed E-state index contributed by atoms with van der Waals surface area (Å²) in [4.78, 5) is 35.3. The lowest BCUT2D eigenvalue weighted by atomic mass is 10.1. The third-order valence-corrected chi connectivity index (χ3v) is 6.26. The first-order valence-corrected chi connectivity index (χ1v) is 12.8. The molecular formula is C24H31N3O8S. The topological polar surface area (TPSA) is 154 Å². The molecule has 12 heteroatoms. The number of nitrogens with zero attached hydrogens (tertiary/aromatic N) is 1. The van der Waals surface area contributed by atoms with Gasteiger partial charge in [-0.1, -0.05) is 17.7 Å². The number of esters is 1. The second kappa shape index (κ2) is 12.5. The van der Waals surface area contributed by atoms with Gasteiger partial charge in [0.05, 0.1) is 9.82 Å². The number of nitrogens with one attached hydrogen (secondary N) is 2. The zero-order chi connectivity index (χ0) is 26.9. The Balaban J connectivity index is 1.96. The smallest absolute Gasteiger partial charge is 0.408 e. The monoisotopic (exact) mass is 521 g/mol. The molecule has 0 aliphatic rings. The number of hydrogen-bond acceptors (Lipinski definition) is 8. The molecule has 36 heavy (non-hydrogen) atoms. The Kier molecular flexibility index (Phi) is 9.93. The Labute approximate surface area is 210 Å². The second-order valence-corrected chi connectivity index (χ2v) is 10.8. The SMILES string of the molecule is Cc1ccc(S(=O)(=O)NCCCC[C@@H](NC(=O)OC(C)(C)C)C(=O)Oc2ccc([N+](=O)[O-])cc2)cc1. The highest BCUT2D eigenvalue weighted by atomic mass is 32.2. The van der Waals surface area contributed by atoms with Crippen LogP contribution in [0.4, 0.5) is 10.5 Å². The van der Waals surface area contributed by atoms with E-state index >= 15 is 0 Å². The summed E-state index contributed by atoms with van der Waals surface area (Å²) in [6, 6.07) is 10.3. The molecule has 0 aliphatic heterocycles. The van der Waals surface area contributed by atoms with E-state index in [1.165, 1.54) is 36.4 Å². The van der Waals surface area contributed by atoms with Gasteiger partial charge in [-0.3, -0.25) is 10.1 Å². The van der Waals surface area contributed by atoms with Crippen molar-refractivity contribution in [1.29, 1.82) is 0 Å². The molecule has 0 saturated carbocycles. The fraction of sp³-hybridized carbons (Fsp3) is 0.417. The quantitative estimate of drug-likeness (QED) is 0.149. The molecule has 0 unspecified atom stereocenters. The lowest BCUT2D eigenvalue weighted by Gasteiger charge is -2.23. The highest BCUT2D eigenvalue weighted by Crippen LogP contribution is 2.19. The van der Waals surface area contributed by atoms with Crippen molar-refractivity contribution in [1.82, 2.24) is 10.0 Å². The zero-order valence-electron chi connectivity index (χ0n) is 20.6. The molecule has 0 spiro atoms. The number of carbonyl (C=O) groups is 2. The minimum Gasteiger partial charge on any atom is -0.444 e. The van der Waals surface area contributed by atoms with Gasteiger partial charge in [0.2, 0.25) is 10.0 Å². The third-order valence-electron chi connectivity index (χ3n) is 4.78. The molecule has 0 saturated heterocycles. The summed E-state index contributed by atoms with van der Waals surface area (Å²) in [6.45, 7) is 7.02. The van der Waals surface area contributed by atoms with Crippen molar-refractivity contribution in [3.63, 3.8) is 0 Å². The van der Waals surface area contributed by atoms with Crippen LogP contribution >= 0.6 is 0 Å². The molecule has 0 aromatic heterocycles. The van der Waals surface area contributed by atoms with Crippen LogP contribution in [0.3, 0.4) is 0 Å². The van der Waals surface area contributed by atoms with Gasteiger partial charge in [0.25, 0.3) is 5.69 Å². The summed E-state index contributed by atoms with van der Waals surface area (Å²) in [5.74, 6) is -0.706. The van der Waals surface area contributed by atoms with Gasteiger partial charge in [-0.25, -0.2) is 22.7 Å². The third kappa shape index (κ3) is 9.62. The van der Waals surface area contributed by atoms with Crippen molar-refractivity contribution in [2.24, 2.45) is 0 Å². The predicted molar refractivity (Wildman–Crippen MR) is 132 cm³/mol. The number of ether oxygens (including phenoxy) is 2. The first kappa shape index (κ1) is 28.7. The molecule has 1 amide bonds. The number of hydrogen-bond donors (Lipinski definition) is 2. The van der Waals surface area contributed by atoms with Crippen LogP contribution < -0.4 is 14.8 Å². The summed E-state index contributed by atoms with van der Waals surface area (Å²) in [6.07, 6.45) is 0.111. The van der Waals surface area contributed by atoms with Gasteiger partial charge in [0.15, 0.2) is 0 Å². The average molecular weight is 522 g/mol. The van der Waals surface area contributed by atoms with E-state index in [-0.39, 0.29) is 29.3 Å². The molecule has 11 nitrogen and oxygen atoms in total. The minimum atomic E-state index is -3.66. The number of non-ortho nitro benzene ring substituents is 1. The van der Waals surface area contributed by atoms with Crippen LogP contribution in [0.15, 0.2) is 53.4 Å². The molecular weight excluding hydrogens is 490 g/mol. The highest BCUT2D eigenvalue weighted by Gasteiger charge is 2.26. The molecule has 2 N–H and O–H groups in total. The lowest BCUT2D eigenvalue weighted by molar-refractivity contribution is -0.384. The normalized spacial score (nSPS) is 12.4. The minimum absolute atomic E-state index is 0.0763. The molecule has 0 radical (unpaired) electrons. The van der Waals surface area contributed by atoms with Crippen LogP contribution in [0.25, 0.3) is 0 Å². The first-order chi connectivity index (χ1) is 16.8. The number of rotatable bonds is 11. The van der Waals surface area contributed by atoms with E-state index in [9.17, 15) is 28.1 Å². The summed E-state index contributed by atoms with van der Waals surface area (Å²) >= 11 is 0. The molecule has 2 rings (SSSR count). The molecule has 196 valence electrons. The van der Waals surface area contributed by atoms with E-state index in [1.807, 2.05) is 6.92 Å². The van der Waals surface area contributed by atoms with Crippen molar-refractivity contribution in [2.75, 3.05) is 6.54 Å². The summed E-state index contributed by atoms with van der Waals surface area (Å²) in [7, 11) is -3.66. The predicted octanol–water partition coefficient (Wildman–Crippen LogP) is 3.85. The molecule has 0 fully saturated rings. The number of benzene rings is 2. The van der Waals surface area contributed by atoms with Gasteiger partial charge in [-0.15, -0.1) is 0 Å². The maximum atomic E-state index is 12.7. The van der Waals surface area contributed by atoms with Gasteiger partial charge >= 0.3 is 12.1 Å². The Morgan fingerprint density at radius 3 is 2.19 bits per heavy atom. The number of unbranched alkanes of at least 4 members (excludes halogenated alkanes) is 1. The number of carbonyl (C=O) groups excluding carboxylic acids is 2. The Bertz CT molecular complexity index is 1160. The molecule has 2 aromatic rings. The number of nitro groups is 1. The van der Waals surface area contributed by atoms with Gasteiger partial charge in [0, 0.05) is 18.7 Å². The average Bonchev–Trinajstić information content (AvgIpc) is 2.77. The van der Waals surface area contributed by atoms with E-state index in [2.05, 4.69) is 10.0 Å². The number of amides is 1. The van der Waals surface area contributed by atoms with Crippen LogP contribution in [0.2, 0.25) is 0 Å². The Morgan fingerprint density at radius 1 is 1.03 bits per heavy atom. The first-order valence-electron chi connectivity index (χ1n) is 11.3. The summed E-state index contributed by atoms with van der Waals surface area (Å²) in [5, 5.41) is 13.3. The largest absolute Gasteiger partial charge is 0.444 e. The maximum Gasteiger partial charge on any atom is 0.408 e. The number of aryl methyl sites for hydroxylation is 1. The Morgan fingerprint density at radius 2 is 1.64 bits per heavy atom. The van der Waals surface area contributed by atoms with Gasteiger partial charge in [-0.2, -0.15) is 0 Å². The standard InChI is InChI=1S/C24H31N3O8S/c1-17-8-14-20(15-9-17)36(32,33)25-16-6-5-7-21(26-23(29)35-24(2,3)4)22(28)34-19-12-10-18(11-13-19)27(30)31/h8-15,21,25H,5-7,16H2,1-4H3,(H,26,29)/t21-/m1/s1. The van der Waals surface area contributed by atoms with Gasteiger partial charge in [-0.05, 0) is 71.2 Å². The van der Waals surface area contributed by atoms with E-state index < -0.39 is 38.7 Å². The maximum absolute atomic E-state index is 12.7. The number of nitro benzene ring substituents is 1. The van der Waals surface area contributed by atoms with Crippen LogP contribution in [0.1, 0.15) is 45.6 Å². The fourth-order valence-electron chi connectivity index (χ4n) is 3.00. The molecule has 0 aliphatic carbocycles. The zero-order valence-corrected chi connectivity index (χ0v) is 21.5.